The van der Waals surface area contributed by atoms with E-state index in [9.17, 15) is 4.79 Å². The minimum absolute atomic E-state index is 0.0584. The average Bonchev–Trinajstić information content (AvgIpc) is 2.57. The van der Waals surface area contributed by atoms with E-state index in [0.717, 1.165) is 10.9 Å². The minimum Gasteiger partial charge on any atom is -0.354 e. The van der Waals surface area contributed by atoms with Crippen LogP contribution in [0.1, 0.15) is 25.1 Å². The summed E-state index contributed by atoms with van der Waals surface area (Å²) in [5.74, 6) is 0.0584. The number of nitrogens with two attached hydrogens (primary N) is 1. The van der Waals surface area contributed by atoms with E-state index < -0.39 is 0 Å². The first-order valence-electron chi connectivity index (χ1n) is 5.15. The van der Waals surface area contributed by atoms with Gasteiger partial charge >= 0.3 is 0 Å². The van der Waals surface area contributed by atoms with Gasteiger partial charge in [0.1, 0.15) is 0 Å². The van der Waals surface area contributed by atoms with Gasteiger partial charge in [-0.3, -0.25) is 4.79 Å². The van der Waals surface area contributed by atoms with Crippen molar-refractivity contribution in [2.75, 3.05) is 6.54 Å². The molecule has 0 aliphatic heterocycles. The zero-order valence-corrected chi connectivity index (χ0v) is 12.0. The zero-order valence-electron chi connectivity index (χ0n) is 9.55. The van der Waals surface area contributed by atoms with Crippen LogP contribution in [-0.4, -0.2) is 18.0 Å². The summed E-state index contributed by atoms with van der Waals surface area (Å²) in [7, 11) is 0. The summed E-state index contributed by atoms with van der Waals surface area (Å²) in [6.07, 6.45) is 1.30. The fraction of sp³-hybridized carbons (Fsp3) is 0.545. The Hall–Kier alpha value is -0.390. The first-order valence-corrected chi connectivity index (χ1v) is 6.82. The third-order valence-electron chi connectivity index (χ3n) is 1.96. The van der Waals surface area contributed by atoms with Crippen LogP contribution in [0.4, 0.5) is 0 Å². The molecule has 0 aromatic carbocycles. The largest absolute Gasteiger partial charge is 0.354 e. The standard InChI is InChI=1S/C11H17BrN2OS/c1-11(2,13)7-14-10(15)4-3-9-5-8(12)6-16-9/h5-6H,3-4,7,13H2,1-2H3,(H,14,15). The second-order valence-electron chi connectivity index (χ2n) is 4.50. The molecule has 0 saturated heterocycles. The van der Waals surface area contributed by atoms with Gasteiger partial charge in [-0.2, -0.15) is 0 Å². The van der Waals surface area contributed by atoms with Crippen molar-refractivity contribution in [3.05, 3.63) is 20.8 Å². The minimum atomic E-state index is -0.346. The Balaban J connectivity index is 2.25. The normalized spacial score (nSPS) is 11.5. The van der Waals surface area contributed by atoms with E-state index in [0.29, 0.717) is 13.0 Å². The number of halogens is 1. The van der Waals surface area contributed by atoms with Crippen LogP contribution in [0, 0.1) is 0 Å². The fourth-order valence-electron chi connectivity index (χ4n) is 1.14. The van der Waals surface area contributed by atoms with Crippen molar-refractivity contribution in [2.24, 2.45) is 5.73 Å². The molecule has 3 N–H and O–H groups in total. The van der Waals surface area contributed by atoms with Crippen LogP contribution >= 0.6 is 27.3 Å². The lowest BCUT2D eigenvalue weighted by Gasteiger charge is -2.18. The third kappa shape index (κ3) is 5.63. The molecule has 0 atom stereocenters. The van der Waals surface area contributed by atoms with Gasteiger partial charge in [0, 0.05) is 33.2 Å². The monoisotopic (exact) mass is 304 g/mol. The van der Waals surface area contributed by atoms with Crippen LogP contribution in [0.2, 0.25) is 0 Å². The second kappa shape index (κ2) is 5.80. The first kappa shape index (κ1) is 13.7. The number of carbonyl (C=O) groups excluding carboxylic acids is 1. The number of amides is 1. The maximum absolute atomic E-state index is 11.5. The van der Waals surface area contributed by atoms with Crippen molar-refractivity contribution in [1.82, 2.24) is 5.32 Å². The van der Waals surface area contributed by atoms with E-state index in [4.69, 9.17) is 5.73 Å². The van der Waals surface area contributed by atoms with Crippen molar-refractivity contribution in [2.45, 2.75) is 32.2 Å². The van der Waals surface area contributed by atoms with Crippen LogP contribution in [0.25, 0.3) is 0 Å². The fourth-order valence-corrected chi connectivity index (χ4v) is 2.59. The van der Waals surface area contributed by atoms with E-state index in [1.54, 1.807) is 11.3 Å². The molecule has 5 heteroatoms. The molecule has 0 bridgehead atoms. The Bertz CT molecular complexity index is 357. The lowest BCUT2D eigenvalue weighted by molar-refractivity contribution is -0.121. The van der Waals surface area contributed by atoms with E-state index >= 15 is 0 Å². The molecule has 0 fully saturated rings. The van der Waals surface area contributed by atoms with Gasteiger partial charge in [-0.05, 0) is 42.3 Å². The average molecular weight is 305 g/mol. The molecular formula is C11H17BrN2OS. The van der Waals surface area contributed by atoms with E-state index in [-0.39, 0.29) is 11.4 Å². The highest BCUT2D eigenvalue weighted by atomic mass is 79.9. The van der Waals surface area contributed by atoms with Crippen LogP contribution in [-0.2, 0) is 11.2 Å². The van der Waals surface area contributed by atoms with Gasteiger partial charge in [0.15, 0.2) is 0 Å². The number of nitrogens with one attached hydrogen (secondary N) is 1. The SMILES string of the molecule is CC(C)(N)CNC(=O)CCc1cc(Br)cs1. The first-order chi connectivity index (χ1) is 7.37. The van der Waals surface area contributed by atoms with E-state index in [1.807, 2.05) is 25.3 Å². The highest BCUT2D eigenvalue weighted by Crippen LogP contribution is 2.20. The molecular weight excluding hydrogens is 288 g/mol. The number of thiophene rings is 1. The quantitative estimate of drug-likeness (QED) is 0.877. The topological polar surface area (TPSA) is 55.1 Å². The molecule has 1 rings (SSSR count). The van der Waals surface area contributed by atoms with Gasteiger partial charge in [-0.1, -0.05) is 0 Å². The lowest BCUT2D eigenvalue weighted by Crippen LogP contribution is -2.45. The van der Waals surface area contributed by atoms with Crippen molar-refractivity contribution < 1.29 is 4.79 Å². The number of carbonyl (C=O) groups is 1. The number of aryl methyl sites for hydroxylation is 1. The molecule has 0 radical (unpaired) electrons. The molecule has 1 heterocycles. The summed E-state index contributed by atoms with van der Waals surface area (Å²) in [5.41, 5.74) is 5.43. The van der Waals surface area contributed by atoms with Gasteiger partial charge in [0.2, 0.25) is 5.91 Å². The maximum Gasteiger partial charge on any atom is 0.220 e. The van der Waals surface area contributed by atoms with Crippen molar-refractivity contribution in [3.8, 4) is 0 Å². The Morgan fingerprint density at radius 3 is 2.81 bits per heavy atom. The molecule has 0 aliphatic carbocycles. The zero-order chi connectivity index (χ0) is 12.2. The van der Waals surface area contributed by atoms with Gasteiger partial charge in [0.25, 0.3) is 0 Å². The highest BCUT2D eigenvalue weighted by Gasteiger charge is 2.12. The van der Waals surface area contributed by atoms with Gasteiger partial charge < -0.3 is 11.1 Å². The molecule has 16 heavy (non-hydrogen) atoms. The van der Waals surface area contributed by atoms with Crippen molar-refractivity contribution >= 4 is 33.2 Å². The summed E-state index contributed by atoms with van der Waals surface area (Å²) in [6.45, 7) is 4.30. The smallest absolute Gasteiger partial charge is 0.220 e. The van der Waals surface area contributed by atoms with Gasteiger partial charge in [-0.15, -0.1) is 11.3 Å². The number of rotatable bonds is 5. The van der Waals surface area contributed by atoms with Crippen molar-refractivity contribution in [1.29, 1.82) is 0 Å². The predicted octanol–water partition coefficient (Wildman–Crippen LogP) is 2.30. The second-order valence-corrected chi connectivity index (χ2v) is 6.41. The summed E-state index contributed by atoms with van der Waals surface area (Å²) in [4.78, 5) is 12.7. The lowest BCUT2D eigenvalue weighted by atomic mass is 10.1. The molecule has 0 unspecified atom stereocenters. The Morgan fingerprint density at radius 2 is 2.31 bits per heavy atom. The van der Waals surface area contributed by atoms with Crippen LogP contribution < -0.4 is 11.1 Å². The Kier molecular flexibility index (Phi) is 4.95. The molecule has 3 nitrogen and oxygen atoms in total. The Morgan fingerprint density at radius 1 is 1.62 bits per heavy atom. The molecule has 0 spiro atoms. The molecule has 1 aromatic rings. The summed E-state index contributed by atoms with van der Waals surface area (Å²) >= 11 is 5.05. The number of hydrogen-bond acceptors (Lipinski definition) is 3. The van der Waals surface area contributed by atoms with Crippen LogP contribution in [0.5, 0.6) is 0 Å². The van der Waals surface area contributed by atoms with Crippen LogP contribution in [0.15, 0.2) is 15.9 Å². The number of hydrogen-bond donors (Lipinski definition) is 2. The summed E-state index contributed by atoms with van der Waals surface area (Å²) in [5, 5.41) is 4.85. The van der Waals surface area contributed by atoms with Crippen molar-refractivity contribution in [3.63, 3.8) is 0 Å². The highest BCUT2D eigenvalue weighted by molar-refractivity contribution is 9.10. The molecule has 0 saturated carbocycles. The van der Waals surface area contributed by atoms with Gasteiger partial charge in [0.05, 0.1) is 0 Å². The van der Waals surface area contributed by atoms with E-state index in [2.05, 4.69) is 21.2 Å². The molecule has 90 valence electrons. The molecule has 1 aromatic heterocycles. The van der Waals surface area contributed by atoms with Gasteiger partial charge in [-0.25, -0.2) is 0 Å². The summed E-state index contributed by atoms with van der Waals surface area (Å²) in [6, 6.07) is 2.05. The predicted molar refractivity (Wildman–Crippen MR) is 71.6 cm³/mol. The molecule has 1 amide bonds. The molecule has 0 aliphatic rings. The Labute approximate surface area is 109 Å². The van der Waals surface area contributed by atoms with E-state index in [1.165, 1.54) is 4.88 Å². The summed E-state index contributed by atoms with van der Waals surface area (Å²) < 4.78 is 1.08. The third-order valence-corrected chi connectivity index (χ3v) is 3.72. The van der Waals surface area contributed by atoms with Crippen LogP contribution in [0.3, 0.4) is 0 Å². The maximum atomic E-state index is 11.5.